The smallest absolute Gasteiger partial charge is 0.243 e. The minimum absolute atomic E-state index is 0.308. The quantitative estimate of drug-likeness (QED) is 0.557. The Kier molecular flexibility index (Phi) is 7.32. The summed E-state index contributed by atoms with van der Waals surface area (Å²) in [7, 11) is -0.274. The minimum atomic E-state index is -3.45. The third-order valence-electron chi connectivity index (χ3n) is 4.90. The van der Waals surface area contributed by atoms with Crippen molar-refractivity contribution in [2.45, 2.75) is 30.6 Å². The molecule has 1 aliphatic rings. The van der Waals surface area contributed by atoms with E-state index in [1.165, 1.54) is 0 Å². The van der Waals surface area contributed by atoms with Gasteiger partial charge in [0.25, 0.3) is 0 Å². The van der Waals surface area contributed by atoms with Gasteiger partial charge in [0.2, 0.25) is 10.0 Å². The molecule has 0 unspecified atom stereocenters. The van der Waals surface area contributed by atoms with Crippen LogP contribution >= 0.6 is 15.9 Å². The van der Waals surface area contributed by atoms with Crippen LogP contribution in [0.25, 0.3) is 0 Å². The fraction of sp³-hybridized carbons (Fsp3) is 0.381. The highest BCUT2D eigenvalue weighted by Gasteiger charge is 2.24. The Labute approximate surface area is 180 Å². The summed E-state index contributed by atoms with van der Waals surface area (Å²) in [5.74, 6) is 1.30. The van der Waals surface area contributed by atoms with E-state index >= 15 is 0 Å². The first kappa shape index (κ1) is 21.8. The molecule has 8 heteroatoms. The van der Waals surface area contributed by atoms with Crippen molar-refractivity contribution >= 4 is 37.9 Å². The zero-order valence-corrected chi connectivity index (χ0v) is 19.0. The van der Waals surface area contributed by atoms with Gasteiger partial charge >= 0.3 is 0 Å². The summed E-state index contributed by atoms with van der Waals surface area (Å²) in [6.07, 6.45) is 5.69. The molecular weight excluding hydrogens is 456 g/mol. The van der Waals surface area contributed by atoms with Crippen molar-refractivity contribution in [2.75, 3.05) is 27.3 Å². The maximum absolute atomic E-state index is 12.9. The number of rotatable bonds is 6. The lowest BCUT2D eigenvalue weighted by Crippen LogP contribution is -2.31. The fourth-order valence-corrected chi connectivity index (χ4v) is 5.30. The van der Waals surface area contributed by atoms with E-state index in [2.05, 4.69) is 20.9 Å². The van der Waals surface area contributed by atoms with E-state index in [0.29, 0.717) is 35.2 Å². The van der Waals surface area contributed by atoms with Crippen LogP contribution in [0.1, 0.15) is 31.2 Å². The van der Waals surface area contributed by atoms with Crippen molar-refractivity contribution in [1.29, 1.82) is 0 Å². The van der Waals surface area contributed by atoms with Crippen LogP contribution in [0.5, 0.6) is 11.5 Å². The van der Waals surface area contributed by atoms with Gasteiger partial charge < -0.3 is 9.47 Å². The van der Waals surface area contributed by atoms with Crippen molar-refractivity contribution in [3.05, 3.63) is 46.4 Å². The van der Waals surface area contributed by atoms with E-state index in [-0.39, 0.29) is 0 Å². The normalized spacial score (nSPS) is 16.0. The second kappa shape index (κ2) is 9.73. The van der Waals surface area contributed by atoms with Crippen LogP contribution in [-0.4, -0.2) is 46.2 Å². The monoisotopic (exact) mass is 480 g/mol. The van der Waals surface area contributed by atoms with E-state index in [1.54, 1.807) is 55.1 Å². The molecule has 1 saturated heterocycles. The van der Waals surface area contributed by atoms with Crippen LogP contribution in [0.15, 0.2) is 50.8 Å². The molecule has 1 aliphatic heterocycles. The Morgan fingerprint density at radius 3 is 2.17 bits per heavy atom. The van der Waals surface area contributed by atoms with Gasteiger partial charge in [-0.2, -0.15) is 4.31 Å². The Morgan fingerprint density at radius 2 is 1.59 bits per heavy atom. The van der Waals surface area contributed by atoms with Crippen molar-refractivity contribution in [2.24, 2.45) is 4.99 Å². The molecule has 1 fully saturated rings. The Hall–Kier alpha value is -1.90. The van der Waals surface area contributed by atoms with Crippen molar-refractivity contribution in [3.8, 4) is 11.5 Å². The molecule has 0 saturated carbocycles. The Bertz CT molecular complexity index is 967. The molecule has 156 valence electrons. The summed E-state index contributed by atoms with van der Waals surface area (Å²) in [6, 6.07) is 10.3. The topological polar surface area (TPSA) is 68.2 Å². The van der Waals surface area contributed by atoms with E-state index in [0.717, 1.165) is 35.7 Å². The van der Waals surface area contributed by atoms with Gasteiger partial charge in [0, 0.05) is 30.9 Å². The number of hydrogen-bond acceptors (Lipinski definition) is 5. The number of hydrogen-bond donors (Lipinski definition) is 0. The lowest BCUT2D eigenvalue weighted by Gasteiger charge is -2.19. The highest BCUT2D eigenvalue weighted by molar-refractivity contribution is 9.10. The molecule has 2 aromatic rings. The molecule has 29 heavy (non-hydrogen) atoms. The molecule has 0 N–H and O–H groups in total. The van der Waals surface area contributed by atoms with Crippen molar-refractivity contribution in [3.63, 3.8) is 0 Å². The molecule has 6 nitrogen and oxygen atoms in total. The van der Waals surface area contributed by atoms with Gasteiger partial charge in [-0.1, -0.05) is 12.8 Å². The fourth-order valence-electron chi connectivity index (χ4n) is 3.26. The van der Waals surface area contributed by atoms with Crippen LogP contribution in [0.2, 0.25) is 0 Å². The van der Waals surface area contributed by atoms with Gasteiger partial charge in [-0.25, -0.2) is 8.42 Å². The highest BCUT2D eigenvalue weighted by atomic mass is 79.9. The van der Waals surface area contributed by atoms with Crippen LogP contribution < -0.4 is 9.47 Å². The van der Waals surface area contributed by atoms with Gasteiger partial charge in [-0.15, -0.1) is 0 Å². The SMILES string of the molecule is COc1cc(OC)c(C=Nc2ccc(S(=O)(=O)N3CCCCCC3)cc2)cc1Br. The predicted octanol–water partition coefficient (Wildman–Crippen LogP) is 4.78. The number of ether oxygens (including phenoxy) is 2. The molecule has 0 radical (unpaired) electrons. The predicted molar refractivity (Wildman–Crippen MR) is 118 cm³/mol. The summed E-state index contributed by atoms with van der Waals surface area (Å²) < 4.78 is 38.8. The molecule has 1 heterocycles. The standard InChI is InChI=1S/C21H25BrN2O4S/c1-27-20-14-21(28-2)19(22)13-16(20)15-23-17-7-9-18(10-8-17)29(25,26)24-11-5-3-4-6-12-24/h7-10,13-15H,3-6,11-12H2,1-2H3. The lowest BCUT2D eigenvalue weighted by atomic mass is 10.2. The lowest BCUT2D eigenvalue weighted by molar-refractivity contribution is 0.392. The molecule has 0 spiro atoms. The number of sulfonamides is 1. The molecule has 0 aliphatic carbocycles. The zero-order valence-electron chi connectivity index (χ0n) is 16.6. The molecule has 0 amide bonds. The first-order valence-corrected chi connectivity index (χ1v) is 11.7. The maximum Gasteiger partial charge on any atom is 0.243 e. The minimum Gasteiger partial charge on any atom is -0.496 e. The third-order valence-corrected chi connectivity index (χ3v) is 7.43. The first-order valence-electron chi connectivity index (χ1n) is 9.51. The number of aliphatic imine (C=N–C) groups is 1. The first-order chi connectivity index (χ1) is 14.0. The van der Waals surface area contributed by atoms with Crippen molar-refractivity contribution in [1.82, 2.24) is 4.31 Å². The van der Waals surface area contributed by atoms with E-state index in [9.17, 15) is 8.42 Å². The summed E-state index contributed by atoms with van der Waals surface area (Å²) in [5.41, 5.74) is 1.44. The number of methoxy groups -OCH3 is 2. The largest absolute Gasteiger partial charge is 0.496 e. The number of benzene rings is 2. The van der Waals surface area contributed by atoms with E-state index in [4.69, 9.17) is 9.47 Å². The van der Waals surface area contributed by atoms with Crippen LogP contribution in [0.3, 0.4) is 0 Å². The van der Waals surface area contributed by atoms with Gasteiger partial charge in [-0.3, -0.25) is 4.99 Å². The summed E-state index contributed by atoms with van der Waals surface area (Å²) in [6.45, 7) is 1.18. The van der Waals surface area contributed by atoms with E-state index in [1.807, 2.05) is 6.07 Å². The van der Waals surface area contributed by atoms with Crippen LogP contribution in [0, 0.1) is 0 Å². The van der Waals surface area contributed by atoms with Crippen LogP contribution in [0.4, 0.5) is 5.69 Å². The van der Waals surface area contributed by atoms with Crippen molar-refractivity contribution < 1.29 is 17.9 Å². The molecule has 2 aromatic carbocycles. The zero-order chi connectivity index (χ0) is 20.9. The number of nitrogens with zero attached hydrogens (tertiary/aromatic N) is 2. The molecule has 0 atom stereocenters. The summed E-state index contributed by atoms with van der Waals surface area (Å²) >= 11 is 3.46. The average Bonchev–Trinajstić information content (AvgIpc) is 3.03. The van der Waals surface area contributed by atoms with Gasteiger partial charge in [0.15, 0.2) is 0 Å². The van der Waals surface area contributed by atoms with Gasteiger partial charge in [0.1, 0.15) is 11.5 Å². The van der Waals surface area contributed by atoms with E-state index < -0.39 is 10.0 Å². The summed E-state index contributed by atoms with van der Waals surface area (Å²) in [4.78, 5) is 4.77. The Balaban J connectivity index is 1.79. The molecule has 0 aromatic heterocycles. The average molecular weight is 481 g/mol. The maximum atomic E-state index is 12.9. The van der Waals surface area contributed by atoms with Crippen LogP contribution in [-0.2, 0) is 10.0 Å². The third kappa shape index (κ3) is 5.18. The van der Waals surface area contributed by atoms with Gasteiger partial charge in [-0.05, 0) is 59.1 Å². The van der Waals surface area contributed by atoms with Gasteiger partial charge in [0.05, 0.1) is 29.3 Å². The second-order valence-corrected chi connectivity index (χ2v) is 9.59. The molecular formula is C21H25BrN2O4S. The second-order valence-electron chi connectivity index (χ2n) is 6.80. The Morgan fingerprint density at radius 1 is 0.966 bits per heavy atom. The highest BCUT2D eigenvalue weighted by Crippen LogP contribution is 2.32. The molecule has 3 rings (SSSR count). The summed E-state index contributed by atoms with van der Waals surface area (Å²) in [5, 5.41) is 0. The number of halogens is 1. The molecule has 0 bridgehead atoms.